The molecule has 0 bridgehead atoms. The Kier molecular flexibility index (Phi) is 3.14. The van der Waals surface area contributed by atoms with Gasteiger partial charge in [-0.2, -0.15) is 0 Å². The Morgan fingerprint density at radius 2 is 2.32 bits per heavy atom. The van der Waals surface area contributed by atoms with Gasteiger partial charge in [-0.05, 0) is 40.9 Å². The van der Waals surface area contributed by atoms with E-state index in [1.165, 1.54) is 17.4 Å². The minimum absolute atomic E-state index is 0.345. The normalized spacial score (nSPS) is 17.5. The molecule has 0 aliphatic heterocycles. The van der Waals surface area contributed by atoms with Crippen LogP contribution in [0.15, 0.2) is 22.7 Å². The van der Waals surface area contributed by atoms with E-state index >= 15 is 0 Å². The number of thiazole rings is 1. The van der Waals surface area contributed by atoms with Gasteiger partial charge in [0.15, 0.2) is 0 Å². The van der Waals surface area contributed by atoms with Crippen LogP contribution in [0, 0.1) is 5.82 Å². The molecule has 0 amide bonds. The van der Waals surface area contributed by atoms with Crippen LogP contribution in [0.5, 0.6) is 0 Å². The zero-order chi connectivity index (χ0) is 13.6. The first-order valence-electron chi connectivity index (χ1n) is 5.74. The van der Waals surface area contributed by atoms with Gasteiger partial charge in [0.2, 0.25) is 0 Å². The number of aromatic nitrogens is 1. The Morgan fingerprint density at radius 3 is 3.00 bits per heavy atom. The molecular weight excluding hydrogens is 333 g/mol. The van der Waals surface area contributed by atoms with Crippen molar-refractivity contribution in [1.82, 2.24) is 4.98 Å². The number of aliphatic carboxylic acids is 1. The van der Waals surface area contributed by atoms with Crippen LogP contribution in [-0.4, -0.2) is 16.1 Å². The predicted octanol–water partition coefficient (Wildman–Crippen LogP) is 3.83. The zero-order valence-electron chi connectivity index (χ0n) is 9.69. The van der Waals surface area contributed by atoms with Gasteiger partial charge in [-0.25, -0.2) is 9.37 Å². The molecule has 0 fully saturated rings. The van der Waals surface area contributed by atoms with Crippen molar-refractivity contribution in [2.75, 3.05) is 0 Å². The third-order valence-electron chi connectivity index (χ3n) is 3.18. The van der Waals surface area contributed by atoms with E-state index in [0.29, 0.717) is 27.2 Å². The van der Waals surface area contributed by atoms with Crippen LogP contribution in [0.3, 0.4) is 0 Å². The molecular formula is C13H9BrFNO2S. The molecule has 1 unspecified atom stereocenters. The van der Waals surface area contributed by atoms with Gasteiger partial charge < -0.3 is 5.11 Å². The number of carbonyl (C=O) groups is 1. The lowest BCUT2D eigenvalue weighted by Crippen LogP contribution is -2.08. The quantitative estimate of drug-likeness (QED) is 0.903. The highest BCUT2D eigenvalue weighted by Gasteiger charge is 2.32. The second kappa shape index (κ2) is 4.68. The molecule has 0 saturated heterocycles. The van der Waals surface area contributed by atoms with E-state index in [9.17, 15) is 9.18 Å². The van der Waals surface area contributed by atoms with Gasteiger partial charge in [0, 0.05) is 10.4 Å². The third kappa shape index (κ3) is 2.19. The van der Waals surface area contributed by atoms with E-state index in [1.54, 1.807) is 12.1 Å². The molecule has 2 aromatic rings. The van der Waals surface area contributed by atoms with Crippen LogP contribution in [0.2, 0.25) is 0 Å². The summed E-state index contributed by atoms with van der Waals surface area (Å²) in [6.45, 7) is 0. The Hall–Kier alpha value is -1.27. The second-order valence-corrected chi connectivity index (χ2v) is 6.32. The summed E-state index contributed by atoms with van der Waals surface area (Å²) >= 11 is 4.56. The fourth-order valence-corrected chi connectivity index (χ4v) is 3.60. The first-order chi connectivity index (χ1) is 9.06. The van der Waals surface area contributed by atoms with Crippen molar-refractivity contribution in [3.05, 3.63) is 39.1 Å². The van der Waals surface area contributed by atoms with Crippen LogP contribution in [0.4, 0.5) is 4.39 Å². The number of nitrogens with zero attached hydrogens (tertiary/aromatic N) is 1. The van der Waals surface area contributed by atoms with E-state index in [2.05, 4.69) is 20.9 Å². The van der Waals surface area contributed by atoms with Crippen LogP contribution < -0.4 is 0 Å². The fraction of sp³-hybridized carbons (Fsp3) is 0.231. The number of rotatable bonds is 2. The van der Waals surface area contributed by atoms with Crippen LogP contribution >= 0.6 is 27.3 Å². The van der Waals surface area contributed by atoms with Gasteiger partial charge >= 0.3 is 5.97 Å². The molecule has 0 saturated carbocycles. The summed E-state index contributed by atoms with van der Waals surface area (Å²) in [5.74, 6) is -1.69. The molecule has 1 aliphatic carbocycles. The van der Waals surface area contributed by atoms with E-state index in [4.69, 9.17) is 5.11 Å². The van der Waals surface area contributed by atoms with Gasteiger partial charge in [0.1, 0.15) is 16.7 Å². The second-order valence-electron chi connectivity index (χ2n) is 4.39. The summed E-state index contributed by atoms with van der Waals surface area (Å²) in [4.78, 5) is 16.5. The summed E-state index contributed by atoms with van der Waals surface area (Å²) < 4.78 is 13.9. The molecule has 1 aromatic carbocycles. The maximum Gasteiger partial charge on any atom is 0.312 e. The van der Waals surface area contributed by atoms with E-state index in [0.717, 1.165) is 11.3 Å². The molecule has 6 heteroatoms. The largest absolute Gasteiger partial charge is 0.481 e. The maximum absolute atomic E-state index is 13.5. The molecule has 1 N–H and O–H groups in total. The van der Waals surface area contributed by atoms with E-state index in [-0.39, 0.29) is 5.82 Å². The number of carboxylic acid groups (broad SMARTS) is 1. The average molecular weight is 342 g/mol. The van der Waals surface area contributed by atoms with Crippen molar-refractivity contribution in [1.29, 1.82) is 0 Å². The third-order valence-corrected chi connectivity index (χ3v) is 5.01. The lowest BCUT2D eigenvalue weighted by atomic mass is 10.1. The van der Waals surface area contributed by atoms with Crippen molar-refractivity contribution >= 4 is 33.2 Å². The topological polar surface area (TPSA) is 50.2 Å². The Balaban J connectivity index is 2.02. The fourth-order valence-electron chi connectivity index (χ4n) is 2.22. The molecule has 0 radical (unpaired) electrons. The lowest BCUT2D eigenvalue weighted by Gasteiger charge is -2.02. The van der Waals surface area contributed by atoms with Crippen molar-refractivity contribution in [2.45, 2.75) is 18.8 Å². The molecule has 98 valence electrons. The molecule has 1 aliphatic rings. The van der Waals surface area contributed by atoms with Gasteiger partial charge in [0.05, 0.1) is 10.2 Å². The van der Waals surface area contributed by atoms with Crippen LogP contribution in [0.25, 0.3) is 10.6 Å². The number of aryl methyl sites for hydroxylation is 1. The number of hydrogen-bond acceptors (Lipinski definition) is 3. The summed E-state index contributed by atoms with van der Waals surface area (Å²) in [5, 5.41) is 9.80. The summed E-state index contributed by atoms with van der Waals surface area (Å²) in [6, 6.07) is 4.82. The minimum Gasteiger partial charge on any atom is -0.481 e. The van der Waals surface area contributed by atoms with Gasteiger partial charge in [0.25, 0.3) is 0 Å². The average Bonchev–Trinajstić information content (AvgIpc) is 2.91. The summed E-state index contributed by atoms with van der Waals surface area (Å²) in [5.41, 5.74) is 1.33. The highest BCUT2D eigenvalue weighted by Crippen LogP contribution is 2.40. The molecule has 3 nitrogen and oxygen atoms in total. The first-order valence-corrected chi connectivity index (χ1v) is 7.35. The van der Waals surface area contributed by atoms with Gasteiger partial charge in [-0.3, -0.25) is 4.79 Å². The van der Waals surface area contributed by atoms with Gasteiger partial charge in [-0.15, -0.1) is 11.3 Å². The lowest BCUT2D eigenvalue weighted by molar-refractivity contribution is -0.138. The van der Waals surface area contributed by atoms with Crippen molar-refractivity contribution in [3.63, 3.8) is 0 Å². The van der Waals surface area contributed by atoms with Crippen molar-refractivity contribution in [2.24, 2.45) is 0 Å². The standard InChI is InChI=1S/C13H9BrFNO2S/c14-8-3-1-6(5-9(8)15)12-16-11-7(13(17)18)2-4-10(11)19-12/h1,3,5,7H,2,4H2,(H,17,18). The molecule has 1 heterocycles. The first kappa shape index (κ1) is 12.7. The van der Waals surface area contributed by atoms with Gasteiger partial charge in [-0.1, -0.05) is 6.07 Å². The zero-order valence-corrected chi connectivity index (χ0v) is 12.1. The Bertz CT molecular complexity index is 671. The van der Waals surface area contributed by atoms with E-state index < -0.39 is 11.9 Å². The summed E-state index contributed by atoms with van der Waals surface area (Å²) in [7, 11) is 0. The van der Waals surface area contributed by atoms with Crippen molar-refractivity contribution in [3.8, 4) is 10.6 Å². The number of carboxylic acids is 1. The Labute approximate surface area is 121 Å². The predicted molar refractivity (Wildman–Crippen MR) is 73.9 cm³/mol. The molecule has 0 spiro atoms. The minimum atomic E-state index is -0.836. The smallest absolute Gasteiger partial charge is 0.312 e. The monoisotopic (exact) mass is 341 g/mol. The number of hydrogen-bond donors (Lipinski definition) is 1. The molecule has 19 heavy (non-hydrogen) atoms. The van der Waals surface area contributed by atoms with Crippen LogP contribution in [0.1, 0.15) is 22.9 Å². The molecule has 3 rings (SSSR count). The number of benzene rings is 1. The summed E-state index contributed by atoms with van der Waals surface area (Å²) in [6.07, 6.45) is 1.35. The highest BCUT2D eigenvalue weighted by molar-refractivity contribution is 9.10. The molecule has 1 aromatic heterocycles. The number of fused-ring (bicyclic) bond motifs is 1. The highest BCUT2D eigenvalue weighted by atomic mass is 79.9. The Morgan fingerprint density at radius 1 is 1.53 bits per heavy atom. The van der Waals surface area contributed by atoms with Crippen LogP contribution in [-0.2, 0) is 11.2 Å². The molecule has 1 atom stereocenters. The van der Waals surface area contributed by atoms with E-state index in [1.807, 2.05) is 0 Å². The van der Waals surface area contributed by atoms with Crippen molar-refractivity contribution < 1.29 is 14.3 Å². The SMILES string of the molecule is O=C(O)C1CCc2sc(-c3ccc(Br)c(F)c3)nc21. The maximum atomic E-state index is 13.5. The number of halogens is 2.